The molecule has 0 aromatic heterocycles. The molecule has 0 bridgehead atoms. The first kappa shape index (κ1) is 18.9. The Kier molecular flexibility index (Phi) is 5.75. The Morgan fingerprint density at radius 2 is 1.89 bits per heavy atom. The lowest BCUT2D eigenvalue weighted by Gasteiger charge is -2.09. The highest BCUT2D eigenvalue weighted by Crippen LogP contribution is 2.29. The number of amidine groups is 1. The van der Waals surface area contributed by atoms with Crippen LogP contribution in [0.15, 0.2) is 53.5 Å². The largest absolute Gasteiger partial charge is 0.497 e. The lowest BCUT2D eigenvalue weighted by Crippen LogP contribution is -2.38. The molecule has 6 nitrogen and oxygen atoms in total. The summed E-state index contributed by atoms with van der Waals surface area (Å²) in [4.78, 5) is 30.6. The van der Waals surface area contributed by atoms with E-state index < -0.39 is 11.2 Å². The fourth-order valence-electron chi connectivity index (χ4n) is 2.42. The van der Waals surface area contributed by atoms with Gasteiger partial charge in [-0.15, -0.1) is 0 Å². The second-order valence-electron chi connectivity index (χ2n) is 5.83. The van der Waals surface area contributed by atoms with Gasteiger partial charge < -0.3 is 10.1 Å². The molecule has 1 unspecified atom stereocenters. The monoisotopic (exact) mass is 387 g/mol. The first-order valence-corrected chi connectivity index (χ1v) is 9.05. The first-order valence-electron chi connectivity index (χ1n) is 8.17. The SMILES string of the molecule is COc1ccc(N=C2SC(C(=O)NCc3ccc(F)cc3)C(=O)N2C)cc1. The Hall–Kier alpha value is -2.87. The molecule has 0 aliphatic carbocycles. The molecule has 8 heteroatoms. The van der Waals surface area contributed by atoms with E-state index >= 15 is 0 Å². The summed E-state index contributed by atoms with van der Waals surface area (Å²) in [7, 11) is 3.17. The Balaban J connectivity index is 1.66. The number of methoxy groups -OCH3 is 1. The zero-order valence-corrected chi connectivity index (χ0v) is 15.6. The van der Waals surface area contributed by atoms with Gasteiger partial charge in [0.25, 0.3) is 5.91 Å². The average Bonchev–Trinajstić information content (AvgIpc) is 2.96. The van der Waals surface area contributed by atoms with E-state index in [0.717, 1.165) is 17.3 Å². The number of halogens is 1. The Labute approximate surface area is 160 Å². The van der Waals surface area contributed by atoms with Crippen molar-refractivity contribution in [3.63, 3.8) is 0 Å². The van der Waals surface area contributed by atoms with Gasteiger partial charge in [-0.2, -0.15) is 0 Å². The second kappa shape index (κ2) is 8.22. The highest BCUT2D eigenvalue weighted by Gasteiger charge is 2.40. The van der Waals surface area contributed by atoms with Crippen LogP contribution in [0.25, 0.3) is 0 Å². The number of carbonyl (C=O) groups is 2. The lowest BCUT2D eigenvalue weighted by atomic mass is 10.2. The predicted molar refractivity (Wildman–Crippen MR) is 102 cm³/mol. The van der Waals surface area contributed by atoms with Crippen molar-refractivity contribution in [2.75, 3.05) is 14.2 Å². The van der Waals surface area contributed by atoms with Gasteiger partial charge in [-0.25, -0.2) is 9.38 Å². The summed E-state index contributed by atoms with van der Waals surface area (Å²) in [6, 6.07) is 12.9. The van der Waals surface area contributed by atoms with Crippen molar-refractivity contribution in [1.82, 2.24) is 10.2 Å². The van der Waals surface area contributed by atoms with Gasteiger partial charge in [-0.3, -0.25) is 14.5 Å². The molecule has 1 N–H and O–H groups in total. The zero-order chi connectivity index (χ0) is 19.4. The quantitative estimate of drug-likeness (QED) is 0.801. The third-order valence-electron chi connectivity index (χ3n) is 3.98. The molecule has 0 radical (unpaired) electrons. The lowest BCUT2D eigenvalue weighted by molar-refractivity contribution is -0.131. The molecule has 1 fully saturated rings. The summed E-state index contributed by atoms with van der Waals surface area (Å²) >= 11 is 1.10. The van der Waals surface area contributed by atoms with Crippen molar-refractivity contribution in [1.29, 1.82) is 0 Å². The summed E-state index contributed by atoms with van der Waals surface area (Å²) in [5.41, 5.74) is 1.41. The van der Waals surface area contributed by atoms with E-state index in [-0.39, 0.29) is 18.3 Å². The molecule has 1 aliphatic rings. The fourth-order valence-corrected chi connectivity index (χ4v) is 3.49. The molecular formula is C19H18FN3O3S. The molecule has 27 heavy (non-hydrogen) atoms. The van der Waals surface area contributed by atoms with Gasteiger partial charge >= 0.3 is 0 Å². The van der Waals surface area contributed by atoms with Gasteiger partial charge in [0.1, 0.15) is 11.6 Å². The van der Waals surface area contributed by atoms with Crippen molar-refractivity contribution in [3.8, 4) is 5.75 Å². The maximum atomic E-state index is 12.9. The average molecular weight is 387 g/mol. The first-order chi connectivity index (χ1) is 13.0. The molecule has 140 valence electrons. The molecule has 1 atom stereocenters. The number of hydrogen-bond donors (Lipinski definition) is 1. The third-order valence-corrected chi connectivity index (χ3v) is 5.21. The van der Waals surface area contributed by atoms with E-state index in [2.05, 4.69) is 10.3 Å². The number of nitrogens with one attached hydrogen (secondary N) is 1. The van der Waals surface area contributed by atoms with E-state index in [9.17, 15) is 14.0 Å². The van der Waals surface area contributed by atoms with E-state index in [0.29, 0.717) is 16.6 Å². The minimum absolute atomic E-state index is 0.220. The van der Waals surface area contributed by atoms with Gasteiger partial charge in [-0.1, -0.05) is 23.9 Å². The van der Waals surface area contributed by atoms with Crippen molar-refractivity contribution in [2.45, 2.75) is 11.8 Å². The van der Waals surface area contributed by atoms with E-state index in [1.54, 1.807) is 50.6 Å². The summed E-state index contributed by atoms with van der Waals surface area (Å²) in [6.45, 7) is 0.220. The maximum absolute atomic E-state index is 12.9. The number of carbonyl (C=O) groups excluding carboxylic acids is 2. The van der Waals surface area contributed by atoms with Crippen LogP contribution in [0.1, 0.15) is 5.56 Å². The van der Waals surface area contributed by atoms with Crippen molar-refractivity contribution in [3.05, 3.63) is 59.9 Å². The molecule has 0 spiro atoms. The fraction of sp³-hybridized carbons (Fsp3) is 0.211. The Morgan fingerprint density at radius 3 is 2.52 bits per heavy atom. The molecule has 2 amide bonds. The van der Waals surface area contributed by atoms with Crippen molar-refractivity contribution < 1.29 is 18.7 Å². The molecule has 0 saturated carbocycles. The Bertz CT molecular complexity index is 869. The van der Waals surface area contributed by atoms with Crippen LogP contribution in [0.2, 0.25) is 0 Å². The third kappa shape index (κ3) is 4.46. The normalized spacial score (nSPS) is 18.0. The molecule has 1 heterocycles. The van der Waals surface area contributed by atoms with Crippen LogP contribution in [0.5, 0.6) is 5.75 Å². The molecular weight excluding hydrogens is 369 g/mol. The van der Waals surface area contributed by atoms with Crippen molar-refractivity contribution in [2.24, 2.45) is 4.99 Å². The van der Waals surface area contributed by atoms with Crippen molar-refractivity contribution >= 4 is 34.4 Å². The maximum Gasteiger partial charge on any atom is 0.251 e. The molecule has 1 aliphatic heterocycles. The van der Waals surface area contributed by atoms with Gasteiger partial charge in [0.05, 0.1) is 12.8 Å². The summed E-state index contributed by atoms with van der Waals surface area (Å²) in [5, 5.41) is 2.26. The topological polar surface area (TPSA) is 71.0 Å². The van der Waals surface area contributed by atoms with Crippen LogP contribution in [-0.4, -0.2) is 41.3 Å². The predicted octanol–water partition coefficient (Wildman–Crippen LogP) is 2.71. The zero-order valence-electron chi connectivity index (χ0n) is 14.8. The highest BCUT2D eigenvalue weighted by molar-refractivity contribution is 8.16. The number of thioether (sulfide) groups is 1. The standard InChI is InChI=1S/C19H18FN3O3S/c1-23-18(25)16(17(24)21-11-12-3-5-13(20)6-4-12)27-19(23)22-14-7-9-15(26-2)10-8-14/h3-10,16H,11H2,1-2H3,(H,21,24). The van der Waals surface area contributed by atoms with Crippen LogP contribution in [0, 0.1) is 5.82 Å². The summed E-state index contributed by atoms with van der Waals surface area (Å²) < 4.78 is 18.0. The minimum Gasteiger partial charge on any atom is -0.497 e. The van der Waals surface area contributed by atoms with E-state index in [1.807, 2.05) is 0 Å². The van der Waals surface area contributed by atoms with Crippen LogP contribution >= 0.6 is 11.8 Å². The number of amides is 2. The Morgan fingerprint density at radius 1 is 1.22 bits per heavy atom. The van der Waals surface area contributed by atoms with Gasteiger partial charge in [0, 0.05) is 13.6 Å². The van der Waals surface area contributed by atoms with Gasteiger partial charge in [0.15, 0.2) is 10.4 Å². The second-order valence-corrected chi connectivity index (χ2v) is 6.90. The highest BCUT2D eigenvalue weighted by atomic mass is 32.2. The molecule has 1 saturated heterocycles. The number of benzene rings is 2. The van der Waals surface area contributed by atoms with E-state index in [4.69, 9.17) is 4.74 Å². The summed E-state index contributed by atoms with van der Waals surface area (Å²) in [6.07, 6.45) is 0. The number of aliphatic imine (C=N–C) groups is 1. The summed E-state index contributed by atoms with van der Waals surface area (Å²) in [5.74, 6) is -0.363. The number of nitrogens with zero attached hydrogens (tertiary/aromatic N) is 2. The molecule has 2 aromatic carbocycles. The minimum atomic E-state index is -0.896. The van der Waals surface area contributed by atoms with Crippen LogP contribution in [0.3, 0.4) is 0 Å². The molecule has 3 rings (SSSR count). The number of rotatable bonds is 5. The van der Waals surface area contributed by atoms with Crippen LogP contribution in [0.4, 0.5) is 10.1 Å². The molecule has 2 aromatic rings. The van der Waals surface area contributed by atoms with Crippen LogP contribution in [-0.2, 0) is 16.1 Å². The number of ether oxygens (including phenoxy) is 1. The van der Waals surface area contributed by atoms with E-state index in [1.165, 1.54) is 17.0 Å². The van der Waals surface area contributed by atoms with Gasteiger partial charge in [-0.05, 0) is 42.0 Å². The van der Waals surface area contributed by atoms with Gasteiger partial charge in [0.2, 0.25) is 5.91 Å². The number of hydrogen-bond acceptors (Lipinski definition) is 5. The smallest absolute Gasteiger partial charge is 0.251 e. The van der Waals surface area contributed by atoms with Crippen LogP contribution < -0.4 is 10.1 Å².